The maximum absolute atomic E-state index is 14.8. The molecule has 190 valence electrons. The van der Waals surface area contributed by atoms with Crippen LogP contribution in [0.3, 0.4) is 0 Å². The predicted octanol–water partition coefficient (Wildman–Crippen LogP) is 4.90. The fourth-order valence-electron chi connectivity index (χ4n) is 4.02. The summed E-state index contributed by atoms with van der Waals surface area (Å²) in [5, 5.41) is 13.7. The molecule has 6 nitrogen and oxygen atoms in total. The number of aromatic nitrogens is 1. The Balaban J connectivity index is 2.32. The van der Waals surface area contributed by atoms with Crippen LogP contribution in [0.2, 0.25) is 5.02 Å². The van der Waals surface area contributed by atoms with E-state index in [2.05, 4.69) is 10.3 Å². The Bertz CT molecular complexity index is 1280. The van der Waals surface area contributed by atoms with Crippen molar-refractivity contribution in [2.45, 2.75) is 31.2 Å². The minimum absolute atomic E-state index is 0.203. The summed E-state index contributed by atoms with van der Waals surface area (Å²) in [5.74, 6) is -1.30. The van der Waals surface area contributed by atoms with Gasteiger partial charge in [0.05, 0.1) is 23.7 Å². The van der Waals surface area contributed by atoms with Gasteiger partial charge in [0.25, 0.3) is 0 Å². The number of pyridine rings is 1. The molecule has 0 radical (unpaired) electrons. The van der Waals surface area contributed by atoms with Crippen molar-refractivity contribution in [2.24, 2.45) is 0 Å². The van der Waals surface area contributed by atoms with Gasteiger partial charge in [0.15, 0.2) is 17.2 Å². The normalized spacial score (nSPS) is 14.7. The lowest BCUT2D eigenvalue weighted by atomic mass is 9.86. The molecule has 2 aromatic carbocycles. The Morgan fingerprint density at radius 2 is 1.89 bits per heavy atom. The average Bonchev–Trinajstić information content (AvgIpc) is 2.77. The summed E-state index contributed by atoms with van der Waals surface area (Å²) in [6.45, 7) is 0.998. The summed E-state index contributed by atoms with van der Waals surface area (Å²) in [4.78, 5) is 15.7. The standard InChI is InChI=1S/C24H26ClF4N3O3/c1-5-13-10-16-14(7-9-19(33)30-16)17(11-13)31-22(23(34,12-32(2)3)24(27,28)29)15-6-8-18(35-4)21(26)20(15)25/h6-11,22,31,34H,5,12H2,1-4H3,(H,30,33). The Kier molecular flexibility index (Phi) is 7.68. The molecule has 1 heterocycles. The lowest BCUT2D eigenvalue weighted by molar-refractivity contribution is -0.270. The van der Waals surface area contributed by atoms with Crippen molar-refractivity contribution in [3.63, 3.8) is 0 Å². The molecule has 2 unspecified atom stereocenters. The monoisotopic (exact) mass is 515 g/mol. The Morgan fingerprint density at radius 3 is 2.46 bits per heavy atom. The zero-order valence-electron chi connectivity index (χ0n) is 19.6. The quantitative estimate of drug-likeness (QED) is 0.372. The summed E-state index contributed by atoms with van der Waals surface area (Å²) in [7, 11) is 3.95. The van der Waals surface area contributed by atoms with Crippen LogP contribution in [0.25, 0.3) is 10.9 Å². The number of hydrogen-bond donors (Lipinski definition) is 3. The van der Waals surface area contributed by atoms with Crippen molar-refractivity contribution in [1.82, 2.24) is 9.88 Å². The lowest BCUT2D eigenvalue weighted by Gasteiger charge is -2.41. The number of H-pyrrole nitrogens is 1. The van der Waals surface area contributed by atoms with Crippen LogP contribution in [0.4, 0.5) is 23.2 Å². The van der Waals surface area contributed by atoms with Crippen LogP contribution in [0.5, 0.6) is 5.75 Å². The van der Waals surface area contributed by atoms with Crippen molar-refractivity contribution >= 4 is 28.2 Å². The molecule has 0 bridgehead atoms. The number of anilines is 1. The third-order valence-electron chi connectivity index (χ3n) is 5.74. The topological polar surface area (TPSA) is 77.6 Å². The second-order valence-corrected chi connectivity index (χ2v) is 8.88. The largest absolute Gasteiger partial charge is 0.494 e. The molecule has 1 aromatic heterocycles. The number of fused-ring (bicyclic) bond motifs is 1. The molecule has 0 aliphatic heterocycles. The molecule has 3 N–H and O–H groups in total. The number of methoxy groups -OCH3 is 1. The maximum Gasteiger partial charge on any atom is 0.420 e. The third kappa shape index (κ3) is 5.24. The van der Waals surface area contributed by atoms with Gasteiger partial charge in [-0.15, -0.1) is 0 Å². The van der Waals surface area contributed by atoms with E-state index in [1.165, 1.54) is 44.3 Å². The molecule has 35 heavy (non-hydrogen) atoms. The number of aromatic amines is 1. The van der Waals surface area contributed by atoms with Gasteiger partial charge in [-0.3, -0.25) is 4.79 Å². The van der Waals surface area contributed by atoms with Crippen LogP contribution < -0.4 is 15.6 Å². The first kappa shape index (κ1) is 26.8. The third-order valence-corrected chi connectivity index (χ3v) is 6.12. The minimum atomic E-state index is -5.14. The van der Waals surface area contributed by atoms with Gasteiger partial charge in [-0.2, -0.15) is 13.2 Å². The van der Waals surface area contributed by atoms with Gasteiger partial charge in [-0.05, 0) is 55.9 Å². The van der Waals surface area contributed by atoms with E-state index in [9.17, 15) is 27.5 Å². The Morgan fingerprint density at radius 1 is 1.20 bits per heavy atom. The van der Waals surface area contributed by atoms with Gasteiger partial charge in [-0.1, -0.05) is 24.6 Å². The highest BCUT2D eigenvalue weighted by Gasteiger charge is 2.60. The molecule has 3 aromatic rings. The first-order chi connectivity index (χ1) is 16.3. The SMILES string of the molecule is CCc1cc(NC(c2ccc(OC)c(F)c2Cl)C(O)(CN(C)C)C(F)(F)F)c2ccc(=O)[nH]c2c1. The van der Waals surface area contributed by atoms with Gasteiger partial charge < -0.3 is 25.0 Å². The molecular formula is C24H26ClF4N3O3. The van der Waals surface area contributed by atoms with Crippen molar-refractivity contribution in [3.8, 4) is 5.75 Å². The zero-order valence-corrected chi connectivity index (χ0v) is 20.3. The fraction of sp³-hybridized carbons (Fsp3) is 0.375. The minimum Gasteiger partial charge on any atom is -0.494 e. The summed E-state index contributed by atoms with van der Waals surface area (Å²) in [6, 6.07) is 6.43. The van der Waals surface area contributed by atoms with E-state index in [1.54, 1.807) is 12.1 Å². The van der Waals surface area contributed by atoms with Crippen LogP contribution in [-0.4, -0.2) is 54.5 Å². The van der Waals surface area contributed by atoms with E-state index in [4.69, 9.17) is 16.3 Å². The summed E-state index contributed by atoms with van der Waals surface area (Å²) in [5.41, 5.74) is -2.77. The molecule has 0 amide bonds. The number of benzene rings is 2. The van der Waals surface area contributed by atoms with Crippen LogP contribution in [0, 0.1) is 5.82 Å². The van der Waals surface area contributed by atoms with E-state index in [0.717, 1.165) is 11.6 Å². The number of nitrogens with one attached hydrogen (secondary N) is 2. The molecule has 2 atom stereocenters. The molecular weight excluding hydrogens is 490 g/mol. The highest BCUT2D eigenvalue weighted by atomic mass is 35.5. The number of halogens is 5. The average molecular weight is 516 g/mol. The molecule has 11 heteroatoms. The highest BCUT2D eigenvalue weighted by molar-refractivity contribution is 6.31. The van der Waals surface area contributed by atoms with Gasteiger partial charge in [0.2, 0.25) is 5.56 Å². The Hall–Kier alpha value is -2.82. The number of aliphatic hydroxyl groups is 1. The Labute approximate surface area is 204 Å². The first-order valence-corrected chi connectivity index (χ1v) is 11.1. The molecule has 0 saturated heterocycles. The van der Waals surface area contributed by atoms with Crippen molar-refractivity contribution in [3.05, 3.63) is 68.7 Å². The van der Waals surface area contributed by atoms with E-state index in [0.29, 0.717) is 17.3 Å². The second kappa shape index (κ2) is 10.0. The van der Waals surface area contributed by atoms with Gasteiger partial charge >= 0.3 is 6.18 Å². The number of likely N-dealkylation sites (N-methyl/N-ethyl adjacent to an activating group) is 1. The van der Waals surface area contributed by atoms with Crippen molar-refractivity contribution in [1.29, 1.82) is 0 Å². The van der Waals surface area contributed by atoms with Crippen LogP contribution in [0.15, 0.2) is 41.2 Å². The number of alkyl halides is 3. The van der Waals surface area contributed by atoms with Crippen LogP contribution >= 0.6 is 11.6 Å². The van der Waals surface area contributed by atoms with Crippen molar-refractivity contribution < 1.29 is 27.4 Å². The second-order valence-electron chi connectivity index (χ2n) is 8.50. The number of rotatable bonds is 8. The zero-order chi connectivity index (χ0) is 26.1. The van der Waals surface area contributed by atoms with Crippen molar-refractivity contribution in [2.75, 3.05) is 33.1 Å². The molecule has 0 aliphatic rings. The molecule has 3 rings (SSSR count). The van der Waals surface area contributed by atoms with Gasteiger partial charge in [-0.25, -0.2) is 4.39 Å². The summed E-state index contributed by atoms with van der Waals surface area (Å²) in [6.07, 6.45) is -4.62. The molecule has 0 spiro atoms. The fourth-order valence-corrected chi connectivity index (χ4v) is 4.28. The smallest absolute Gasteiger partial charge is 0.420 e. The number of nitrogens with zero attached hydrogens (tertiary/aromatic N) is 1. The number of ether oxygens (including phenoxy) is 1. The van der Waals surface area contributed by atoms with E-state index in [-0.39, 0.29) is 22.6 Å². The van der Waals surface area contributed by atoms with Crippen LogP contribution in [0.1, 0.15) is 24.1 Å². The maximum atomic E-state index is 14.8. The predicted molar refractivity (Wildman–Crippen MR) is 128 cm³/mol. The van der Waals surface area contributed by atoms with Crippen LogP contribution in [-0.2, 0) is 6.42 Å². The van der Waals surface area contributed by atoms with Gasteiger partial charge in [0, 0.05) is 23.7 Å². The summed E-state index contributed by atoms with van der Waals surface area (Å²) < 4.78 is 63.1. The lowest BCUT2D eigenvalue weighted by Crippen LogP contribution is -2.58. The molecule has 0 aliphatic carbocycles. The van der Waals surface area contributed by atoms with Gasteiger partial charge in [0.1, 0.15) is 0 Å². The van der Waals surface area contributed by atoms with E-state index in [1.807, 2.05) is 6.92 Å². The first-order valence-electron chi connectivity index (χ1n) is 10.7. The van der Waals surface area contributed by atoms with E-state index >= 15 is 0 Å². The highest BCUT2D eigenvalue weighted by Crippen LogP contribution is 2.46. The number of aryl methyl sites for hydroxylation is 1. The molecule has 0 saturated carbocycles. The molecule has 0 fully saturated rings. The van der Waals surface area contributed by atoms with E-state index < -0.39 is 35.2 Å². The summed E-state index contributed by atoms with van der Waals surface area (Å²) >= 11 is 6.19. The number of hydrogen-bond acceptors (Lipinski definition) is 5.